The number of benzene rings is 1. The molecule has 2 amide bonds. The van der Waals surface area contributed by atoms with Gasteiger partial charge < -0.3 is 15.3 Å². The van der Waals surface area contributed by atoms with Gasteiger partial charge in [-0.3, -0.25) is 0 Å². The van der Waals surface area contributed by atoms with Gasteiger partial charge in [0.1, 0.15) is 0 Å². The van der Waals surface area contributed by atoms with E-state index >= 15 is 0 Å². The number of rotatable bonds is 2. The lowest BCUT2D eigenvalue weighted by Crippen LogP contribution is -2.38. The predicted octanol–water partition coefficient (Wildman–Crippen LogP) is 2.24. The second kappa shape index (κ2) is 6.12. The van der Waals surface area contributed by atoms with Crippen molar-refractivity contribution >= 4 is 12.1 Å². The molecule has 0 radical (unpaired) electrons. The molecule has 0 fully saturated rings. The van der Waals surface area contributed by atoms with E-state index in [9.17, 15) is 9.59 Å². The Balaban J connectivity index is 1.76. The van der Waals surface area contributed by atoms with Gasteiger partial charge in [0, 0.05) is 6.54 Å². The van der Waals surface area contributed by atoms with Gasteiger partial charge in [-0.15, -0.1) is 0 Å². The van der Waals surface area contributed by atoms with Crippen molar-refractivity contribution in [2.75, 3.05) is 6.54 Å². The summed E-state index contributed by atoms with van der Waals surface area (Å²) in [6.45, 7) is 2.50. The molecule has 1 aliphatic heterocycles. The summed E-state index contributed by atoms with van der Waals surface area (Å²) in [6.07, 6.45) is 1.23. The Morgan fingerprint density at radius 1 is 1.30 bits per heavy atom. The second-order valence-corrected chi connectivity index (χ2v) is 5.56. The highest BCUT2D eigenvalue weighted by atomic mass is 16.4. The molecule has 0 aliphatic carbocycles. The summed E-state index contributed by atoms with van der Waals surface area (Å²) < 4.78 is 1.27. The fourth-order valence-corrected chi connectivity index (χ4v) is 2.71. The molecule has 2 N–H and O–H groups in total. The smallest absolute Gasteiger partial charge is 0.407 e. The van der Waals surface area contributed by atoms with Crippen LogP contribution >= 0.6 is 0 Å². The van der Waals surface area contributed by atoms with Gasteiger partial charge in [-0.05, 0) is 24.5 Å². The number of fused-ring (bicyclic) bond motifs is 1. The first-order chi connectivity index (χ1) is 11.1. The summed E-state index contributed by atoms with van der Waals surface area (Å²) >= 11 is 0. The minimum atomic E-state index is -0.985. The van der Waals surface area contributed by atoms with Gasteiger partial charge in [-0.2, -0.15) is 9.78 Å². The van der Waals surface area contributed by atoms with Gasteiger partial charge in [0.2, 0.25) is 0 Å². The zero-order valence-corrected chi connectivity index (χ0v) is 12.8. The standard InChI is InChI=1S/C16H18N4O3/c1-11(12-5-3-2-4-6-12)18-15(21)20-14-10-19(16(22)23)8-7-13(14)9-17-20/h2-6,9,11H,7-8,10H2,1H3,(H,18,21)(H,22,23)/t11-/m1/s1. The van der Waals surface area contributed by atoms with E-state index in [0.717, 1.165) is 11.1 Å². The van der Waals surface area contributed by atoms with Crippen LogP contribution in [0.5, 0.6) is 0 Å². The molecule has 7 nitrogen and oxygen atoms in total. The van der Waals surface area contributed by atoms with Crippen molar-refractivity contribution in [2.45, 2.75) is 25.9 Å². The van der Waals surface area contributed by atoms with E-state index in [-0.39, 0.29) is 18.6 Å². The van der Waals surface area contributed by atoms with Crippen molar-refractivity contribution in [3.05, 3.63) is 53.3 Å². The van der Waals surface area contributed by atoms with E-state index in [1.807, 2.05) is 37.3 Å². The van der Waals surface area contributed by atoms with Gasteiger partial charge >= 0.3 is 12.1 Å². The van der Waals surface area contributed by atoms with Crippen LogP contribution in [0, 0.1) is 0 Å². The molecule has 2 aromatic rings. The highest BCUT2D eigenvalue weighted by Gasteiger charge is 2.26. The molecule has 7 heteroatoms. The molecule has 0 saturated heterocycles. The molecule has 23 heavy (non-hydrogen) atoms. The van der Waals surface area contributed by atoms with Crippen LogP contribution in [0.3, 0.4) is 0 Å². The third kappa shape index (κ3) is 3.03. The van der Waals surface area contributed by atoms with Gasteiger partial charge in [0.05, 0.1) is 24.5 Å². The molecule has 0 bridgehead atoms. The molecule has 120 valence electrons. The van der Waals surface area contributed by atoms with Crippen LogP contribution < -0.4 is 5.32 Å². The average Bonchev–Trinajstić information content (AvgIpc) is 2.98. The Morgan fingerprint density at radius 2 is 2.04 bits per heavy atom. The minimum absolute atomic E-state index is 0.164. The highest BCUT2D eigenvalue weighted by Crippen LogP contribution is 2.19. The van der Waals surface area contributed by atoms with Crippen molar-refractivity contribution in [2.24, 2.45) is 0 Å². The lowest BCUT2D eigenvalue weighted by molar-refractivity contribution is 0.138. The van der Waals surface area contributed by atoms with Crippen molar-refractivity contribution in [1.82, 2.24) is 20.0 Å². The minimum Gasteiger partial charge on any atom is -0.465 e. The summed E-state index contributed by atoms with van der Waals surface area (Å²) in [5.41, 5.74) is 2.55. The Kier molecular flexibility index (Phi) is 4.01. The van der Waals surface area contributed by atoms with Crippen LogP contribution in [0.2, 0.25) is 0 Å². The number of hydrogen-bond acceptors (Lipinski definition) is 3. The van der Waals surface area contributed by atoms with Crippen molar-refractivity contribution < 1.29 is 14.7 Å². The zero-order valence-electron chi connectivity index (χ0n) is 12.8. The third-order valence-corrected chi connectivity index (χ3v) is 4.05. The first-order valence-electron chi connectivity index (χ1n) is 7.45. The molecule has 0 saturated carbocycles. The normalized spacial score (nSPS) is 14.9. The number of carboxylic acid groups (broad SMARTS) is 1. The molecule has 1 aromatic carbocycles. The second-order valence-electron chi connectivity index (χ2n) is 5.56. The topological polar surface area (TPSA) is 87.5 Å². The van der Waals surface area contributed by atoms with Gasteiger partial charge in [-0.1, -0.05) is 30.3 Å². The summed E-state index contributed by atoms with van der Waals surface area (Å²) in [5, 5.41) is 16.1. The number of nitrogens with one attached hydrogen (secondary N) is 1. The number of nitrogens with zero attached hydrogens (tertiary/aromatic N) is 3. The Hall–Kier alpha value is -2.83. The van der Waals surface area contributed by atoms with Crippen molar-refractivity contribution in [3.8, 4) is 0 Å². The number of hydrogen-bond donors (Lipinski definition) is 2. The molecule has 1 atom stereocenters. The van der Waals surface area contributed by atoms with E-state index in [2.05, 4.69) is 10.4 Å². The molecular weight excluding hydrogens is 296 g/mol. The molecular formula is C16H18N4O3. The molecule has 2 heterocycles. The van der Waals surface area contributed by atoms with Crippen LogP contribution in [0.1, 0.15) is 29.8 Å². The maximum absolute atomic E-state index is 12.5. The van der Waals surface area contributed by atoms with Crippen molar-refractivity contribution in [3.63, 3.8) is 0 Å². The first kappa shape index (κ1) is 15.1. The molecule has 1 aromatic heterocycles. The van der Waals surface area contributed by atoms with Gasteiger partial charge in [-0.25, -0.2) is 9.59 Å². The van der Waals surface area contributed by atoms with Crippen LogP contribution in [0.4, 0.5) is 9.59 Å². The largest absolute Gasteiger partial charge is 0.465 e. The van der Waals surface area contributed by atoms with Crippen molar-refractivity contribution in [1.29, 1.82) is 0 Å². The lowest BCUT2D eigenvalue weighted by atomic mass is 10.1. The molecule has 3 rings (SSSR count). The van der Waals surface area contributed by atoms with E-state index in [4.69, 9.17) is 5.11 Å². The summed E-state index contributed by atoms with van der Waals surface area (Å²) in [6, 6.07) is 9.11. The maximum atomic E-state index is 12.5. The molecule has 0 spiro atoms. The molecule has 0 unspecified atom stereocenters. The SMILES string of the molecule is C[C@@H](NC(=O)n1ncc2c1CN(C(=O)O)CC2)c1ccccc1. The third-order valence-electron chi connectivity index (χ3n) is 4.05. The van der Waals surface area contributed by atoms with Gasteiger partial charge in [0.25, 0.3) is 0 Å². The lowest BCUT2D eigenvalue weighted by Gasteiger charge is -2.25. The summed E-state index contributed by atoms with van der Waals surface area (Å²) in [4.78, 5) is 24.9. The monoisotopic (exact) mass is 314 g/mol. The van der Waals surface area contributed by atoms with E-state index < -0.39 is 6.09 Å². The predicted molar refractivity (Wildman–Crippen MR) is 83.2 cm³/mol. The van der Waals surface area contributed by atoms with E-state index in [1.54, 1.807) is 6.20 Å². The van der Waals surface area contributed by atoms with Crippen LogP contribution in [0.25, 0.3) is 0 Å². The highest BCUT2D eigenvalue weighted by molar-refractivity contribution is 5.77. The van der Waals surface area contributed by atoms with Crippen LogP contribution in [0.15, 0.2) is 36.5 Å². The Morgan fingerprint density at radius 3 is 2.74 bits per heavy atom. The number of carbonyl (C=O) groups is 2. The fraction of sp³-hybridized carbons (Fsp3) is 0.312. The van der Waals surface area contributed by atoms with E-state index in [0.29, 0.717) is 18.7 Å². The molecule has 1 aliphatic rings. The first-order valence-corrected chi connectivity index (χ1v) is 7.45. The number of carbonyl (C=O) groups excluding carboxylic acids is 1. The quantitative estimate of drug-likeness (QED) is 0.890. The van der Waals surface area contributed by atoms with Crippen LogP contribution in [-0.2, 0) is 13.0 Å². The van der Waals surface area contributed by atoms with E-state index in [1.165, 1.54) is 9.58 Å². The average molecular weight is 314 g/mol. The fourth-order valence-electron chi connectivity index (χ4n) is 2.71. The van der Waals surface area contributed by atoms with Crippen LogP contribution in [-0.4, -0.2) is 38.5 Å². The number of amides is 2. The Labute approximate surface area is 133 Å². The Bertz CT molecular complexity index is 726. The number of aromatic nitrogens is 2. The summed E-state index contributed by atoms with van der Waals surface area (Å²) in [7, 11) is 0. The van der Waals surface area contributed by atoms with Gasteiger partial charge in [0.15, 0.2) is 0 Å². The maximum Gasteiger partial charge on any atom is 0.407 e. The summed E-state index contributed by atoms with van der Waals surface area (Å²) in [5.74, 6) is 0. The zero-order chi connectivity index (χ0) is 16.4.